The predicted molar refractivity (Wildman–Crippen MR) is 52.3 cm³/mol. The molecule has 0 aliphatic carbocycles. The second-order valence-corrected chi connectivity index (χ2v) is 3.43. The first-order valence-electron chi connectivity index (χ1n) is 4.39. The van der Waals surface area contributed by atoms with Crippen LogP contribution in [0, 0.1) is 5.82 Å². The molecule has 8 heteroatoms. The second-order valence-electron chi connectivity index (χ2n) is 3.16. The summed E-state index contributed by atoms with van der Waals surface area (Å²) in [5.74, 6) is -1.66. The predicted octanol–water partition coefficient (Wildman–Crippen LogP) is 3.34. The summed E-state index contributed by atoms with van der Waals surface area (Å²) in [6, 6.07) is 1.74. The third-order valence-electron chi connectivity index (χ3n) is 1.94. The zero-order valence-electron chi connectivity index (χ0n) is 8.11. The van der Waals surface area contributed by atoms with Gasteiger partial charge in [0.25, 0.3) is 0 Å². The number of aromatic nitrogens is 2. The molecule has 0 atom stereocenters. The highest BCUT2D eigenvalue weighted by Crippen LogP contribution is 2.28. The van der Waals surface area contributed by atoms with Gasteiger partial charge >= 0.3 is 6.36 Å². The molecular weight excluding hydrogens is 264 g/mol. The topological polar surface area (TPSA) is 37.9 Å². The summed E-state index contributed by atoms with van der Waals surface area (Å²) in [6.45, 7) is 0. The number of ether oxygens (including phenoxy) is 1. The molecule has 0 aliphatic heterocycles. The van der Waals surface area contributed by atoms with Gasteiger partial charge in [-0.15, -0.1) is 24.8 Å². The largest absolute Gasteiger partial charge is 0.573 e. The monoisotopic (exact) mass is 268 g/mol. The number of aromatic amines is 1. The molecule has 0 unspecified atom stereocenters. The molecule has 0 aliphatic rings. The van der Waals surface area contributed by atoms with E-state index in [9.17, 15) is 17.6 Å². The van der Waals surface area contributed by atoms with Gasteiger partial charge in [-0.2, -0.15) is 0 Å². The van der Waals surface area contributed by atoms with E-state index >= 15 is 0 Å². The number of rotatable bonds is 2. The Morgan fingerprint density at radius 2 is 2.06 bits per heavy atom. The number of hydrogen-bond donors (Lipinski definition) is 1. The van der Waals surface area contributed by atoms with Crippen LogP contribution in [0.3, 0.4) is 0 Å². The molecule has 3 nitrogen and oxygen atoms in total. The van der Waals surface area contributed by atoms with Gasteiger partial charge in [-0.3, -0.25) is 0 Å². The fourth-order valence-corrected chi connectivity index (χ4v) is 1.46. The van der Waals surface area contributed by atoms with Crippen LogP contribution in [0.15, 0.2) is 12.1 Å². The number of halogens is 5. The lowest BCUT2D eigenvalue weighted by Gasteiger charge is -2.09. The van der Waals surface area contributed by atoms with Crippen molar-refractivity contribution in [3.8, 4) is 5.75 Å². The van der Waals surface area contributed by atoms with Gasteiger partial charge in [-0.25, -0.2) is 9.37 Å². The molecule has 0 amide bonds. The van der Waals surface area contributed by atoms with Gasteiger partial charge in [0.1, 0.15) is 5.82 Å². The molecule has 0 fully saturated rings. The fraction of sp³-hybridized carbons (Fsp3) is 0.222. The summed E-state index contributed by atoms with van der Waals surface area (Å²) in [7, 11) is 0. The number of fused-ring (bicyclic) bond motifs is 1. The van der Waals surface area contributed by atoms with Gasteiger partial charge in [0.05, 0.1) is 16.9 Å². The number of imidazole rings is 1. The first-order valence-corrected chi connectivity index (χ1v) is 4.92. The van der Waals surface area contributed by atoms with Gasteiger partial charge in [-0.05, 0) is 0 Å². The van der Waals surface area contributed by atoms with Crippen LogP contribution in [0.4, 0.5) is 17.6 Å². The minimum absolute atomic E-state index is 0.0474. The zero-order valence-corrected chi connectivity index (χ0v) is 8.86. The minimum Gasteiger partial charge on any atom is -0.403 e. The van der Waals surface area contributed by atoms with Crippen molar-refractivity contribution in [1.29, 1.82) is 0 Å². The lowest BCUT2D eigenvalue weighted by Crippen LogP contribution is -2.17. The summed E-state index contributed by atoms with van der Waals surface area (Å²) in [4.78, 5) is 6.52. The molecule has 0 radical (unpaired) electrons. The maximum atomic E-state index is 13.3. The van der Waals surface area contributed by atoms with Crippen LogP contribution < -0.4 is 4.74 Å². The number of H-pyrrole nitrogens is 1. The van der Waals surface area contributed by atoms with Crippen LogP contribution in [0.1, 0.15) is 5.82 Å². The highest BCUT2D eigenvalue weighted by Gasteiger charge is 2.32. The summed E-state index contributed by atoms with van der Waals surface area (Å²) < 4.78 is 52.6. The van der Waals surface area contributed by atoms with E-state index in [0.717, 1.165) is 12.1 Å². The van der Waals surface area contributed by atoms with Crippen molar-refractivity contribution in [3.05, 3.63) is 23.8 Å². The van der Waals surface area contributed by atoms with E-state index in [4.69, 9.17) is 11.6 Å². The molecule has 1 heterocycles. The van der Waals surface area contributed by atoms with Gasteiger partial charge in [0.2, 0.25) is 0 Å². The molecule has 1 N–H and O–H groups in total. The van der Waals surface area contributed by atoms with E-state index in [1.54, 1.807) is 0 Å². The summed E-state index contributed by atoms with van der Waals surface area (Å²) >= 11 is 5.49. The highest BCUT2D eigenvalue weighted by atomic mass is 35.5. The van der Waals surface area contributed by atoms with Crippen molar-refractivity contribution in [2.75, 3.05) is 0 Å². The van der Waals surface area contributed by atoms with Crippen LogP contribution in [-0.4, -0.2) is 16.3 Å². The first kappa shape index (κ1) is 12.0. The van der Waals surface area contributed by atoms with E-state index in [1.807, 2.05) is 0 Å². The van der Waals surface area contributed by atoms with Gasteiger partial charge < -0.3 is 9.72 Å². The smallest absolute Gasteiger partial charge is 0.403 e. The maximum Gasteiger partial charge on any atom is 0.573 e. The number of hydrogen-bond acceptors (Lipinski definition) is 2. The number of nitrogens with one attached hydrogen (secondary N) is 1. The molecule has 17 heavy (non-hydrogen) atoms. The Bertz CT molecular complexity index is 552. The van der Waals surface area contributed by atoms with Crippen LogP contribution in [0.2, 0.25) is 0 Å². The number of nitrogens with zero attached hydrogens (tertiary/aromatic N) is 1. The van der Waals surface area contributed by atoms with E-state index in [-0.39, 0.29) is 16.9 Å². The normalized spacial score (nSPS) is 12.1. The van der Waals surface area contributed by atoms with Gasteiger partial charge in [-0.1, -0.05) is 0 Å². The molecular formula is C9H5ClF4N2O. The average molecular weight is 269 g/mol. The Balaban J connectivity index is 2.47. The molecule has 92 valence electrons. The van der Waals surface area contributed by atoms with Crippen molar-refractivity contribution >= 4 is 22.6 Å². The van der Waals surface area contributed by atoms with Crippen LogP contribution in [0.25, 0.3) is 11.0 Å². The van der Waals surface area contributed by atoms with Crippen molar-refractivity contribution in [2.24, 2.45) is 0 Å². The van der Waals surface area contributed by atoms with Crippen molar-refractivity contribution in [3.63, 3.8) is 0 Å². The van der Waals surface area contributed by atoms with E-state index in [2.05, 4.69) is 14.7 Å². The van der Waals surface area contributed by atoms with Crippen LogP contribution >= 0.6 is 11.6 Å². The van der Waals surface area contributed by atoms with E-state index in [1.165, 1.54) is 0 Å². The quantitative estimate of drug-likeness (QED) is 0.670. The molecule has 0 spiro atoms. The third kappa shape index (κ3) is 2.60. The molecule has 1 aromatic carbocycles. The van der Waals surface area contributed by atoms with E-state index < -0.39 is 17.9 Å². The Morgan fingerprint density at radius 3 is 2.65 bits per heavy atom. The zero-order chi connectivity index (χ0) is 12.6. The lowest BCUT2D eigenvalue weighted by atomic mass is 10.3. The minimum atomic E-state index is -4.94. The highest BCUT2D eigenvalue weighted by molar-refractivity contribution is 6.16. The Hall–Kier alpha value is -1.50. The van der Waals surface area contributed by atoms with Crippen molar-refractivity contribution in [1.82, 2.24) is 9.97 Å². The molecule has 0 saturated heterocycles. The van der Waals surface area contributed by atoms with Crippen LogP contribution in [-0.2, 0) is 5.88 Å². The third-order valence-corrected chi connectivity index (χ3v) is 2.19. The van der Waals surface area contributed by atoms with Crippen LogP contribution in [0.5, 0.6) is 5.75 Å². The van der Waals surface area contributed by atoms with E-state index in [0.29, 0.717) is 5.82 Å². The van der Waals surface area contributed by atoms with Gasteiger partial charge in [0.15, 0.2) is 11.6 Å². The maximum absolute atomic E-state index is 13.3. The van der Waals surface area contributed by atoms with Gasteiger partial charge in [0, 0.05) is 12.1 Å². The molecule has 2 aromatic rings. The second kappa shape index (κ2) is 4.06. The summed E-state index contributed by atoms with van der Waals surface area (Å²) in [5, 5.41) is 0. The number of alkyl halides is 4. The Kier molecular flexibility index (Phi) is 2.86. The number of benzene rings is 1. The molecule has 1 aromatic heterocycles. The average Bonchev–Trinajstić information content (AvgIpc) is 2.58. The van der Waals surface area contributed by atoms with Crippen molar-refractivity contribution < 1.29 is 22.3 Å². The molecule has 0 bridgehead atoms. The Morgan fingerprint density at radius 1 is 1.35 bits per heavy atom. The summed E-state index contributed by atoms with van der Waals surface area (Å²) in [6.07, 6.45) is -4.94. The standard InChI is InChI=1S/C9H5ClF4N2O/c10-3-8-15-5-1-4(11)7(2-6(5)16-8)17-9(12,13)14/h1-2H,3H2,(H,15,16). The lowest BCUT2D eigenvalue weighted by molar-refractivity contribution is -0.275. The molecule has 2 rings (SSSR count). The Labute approximate surface area is 97.4 Å². The van der Waals surface area contributed by atoms with Crippen molar-refractivity contribution in [2.45, 2.75) is 12.2 Å². The summed E-state index contributed by atoms with van der Waals surface area (Å²) in [5.41, 5.74) is 0.411. The first-order chi connectivity index (χ1) is 7.89. The fourth-order valence-electron chi connectivity index (χ4n) is 1.33. The molecule has 0 saturated carbocycles. The SMILES string of the molecule is Fc1cc2[nH]c(CCl)nc2cc1OC(F)(F)F.